The van der Waals surface area contributed by atoms with Gasteiger partial charge in [-0.2, -0.15) is 0 Å². The van der Waals surface area contributed by atoms with Crippen molar-refractivity contribution in [3.05, 3.63) is 23.3 Å². The van der Waals surface area contributed by atoms with Crippen LogP contribution in [-0.2, 0) is 18.9 Å². The molecule has 0 aromatic heterocycles. The van der Waals surface area contributed by atoms with Crippen LogP contribution < -0.4 is 0 Å². The maximum absolute atomic E-state index is 10.5. The number of fused-ring (bicyclic) bond motifs is 1. The minimum atomic E-state index is -1.48. The molecule has 44 heavy (non-hydrogen) atoms. The number of hydrogen-bond acceptors (Lipinski definition) is 12. The van der Waals surface area contributed by atoms with Crippen molar-refractivity contribution in [3.8, 4) is 0 Å². The molecule has 14 atom stereocenters. The maximum Gasteiger partial charge on any atom is 0.187 e. The summed E-state index contributed by atoms with van der Waals surface area (Å²) in [5.41, 5.74) is 2.16. The second-order valence-corrected chi connectivity index (χ2v) is 13.8. The Morgan fingerprint density at radius 1 is 0.864 bits per heavy atom. The molecule has 0 unspecified atom stereocenters. The number of ether oxygens (including phenoxy) is 4. The molecule has 4 aliphatic rings. The maximum atomic E-state index is 10.5. The van der Waals surface area contributed by atoms with Gasteiger partial charge in [0.15, 0.2) is 12.6 Å². The summed E-state index contributed by atoms with van der Waals surface area (Å²) in [6.45, 7) is 8.37. The topological polar surface area (TPSA) is 199 Å². The summed E-state index contributed by atoms with van der Waals surface area (Å²) in [5.74, 6) is 0.875. The van der Waals surface area contributed by atoms with Crippen LogP contribution in [0.5, 0.6) is 0 Å². The van der Waals surface area contributed by atoms with Crippen LogP contribution in [-0.4, -0.2) is 129 Å². The van der Waals surface area contributed by atoms with Crippen LogP contribution in [0.4, 0.5) is 0 Å². The highest BCUT2D eigenvalue weighted by atomic mass is 16.7. The van der Waals surface area contributed by atoms with Crippen LogP contribution in [0.15, 0.2) is 23.3 Å². The van der Waals surface area contributed by atoms with E-state index in [1.54, 1.807) is 0 Å². The van der Waals surface area contributed by atoms with Gasteiger partial charge in [0.05, 0.1) is 26.4 Å². The molecule has 0 radical (unpaired) electrons. The summed E-state index contributed by atoms with van der Waals surface area (Å²) in [4.78, 5) is 0. The molecule has 0 spiro atoms. The van der Waals surface area contributed by atoms with Crippen molar-refractivity contribution in [2.24, 2.45) is 22.7 Å². The third kappa shape index (κ3) is 7.12. The number of hydrogen-bond donors (Lipinski definition) is 8. The predicted molar refractivity (Wildman–Crippen MR) is 158 cm³/mol. The van der Waals surface area contributed by atoms with E-state index < -0.39 is 74.6 Å². The molecule has 2 aliphatic carbocycles. The summed E-state index contributed by atoms with van der Waals surface area (Å²) in [5, 5.41) is 79.8. The Balaban J connectivity index is 1.36. The van der Waals surface area contributed by atoms with Gasteiger partial charge in [0.2, 0.25) is 0 Å². The van der Waals surface area contributed by atoms with E-state index in [0.29, 0.717) is 11.8 Å². The predicted octanol–water partition coefficient (Wildman–Crippen LogP) is 0.125. The first-order valence-corrected chi connectivity index (χ1v) is 16.0. The molecular formula is C32H54O12. The lowest BCUT2D eigenvalue weighted by Gasteiger charge is -2.58. The third-order valence-corrected chi connectivity index (χ3v) is 11.2. The zero-order chi connectivity index (χ0) is 32.4. The summed E-state index contributed by atoms with van der Waals surface area (Å²) < 4.78 is 22.7. The van der Waals surface area contributed by atoms with Gasteiger partial charge in [-0.15, -0.1) is 0 Å². The average Bonchev–Trinajstić information content (AvgIpc) is 3.01. The fourth-order valence-corrected chi connectivity index (χ4v) is 7.86. The van der Waals surface area contributed by atoms with E-state index in [9.17, 15) is 40.9 Å². The Morgan fingerprint density at radius 2 is 1.43 bits per heavy atom. The standard InChI is InChI=1S/C32H54O12/c1-17(10-13-41-29-27(39)25(37)23(35)20(14-33)43-29)8-11-31(3)18(2)9-12-32(4)19(6-5-7-22(31)32)16-42-30-28(40)26(38)24(36)21(15-34)44-30/h6,10,18,20-30,33-40H,5,7-9,11-16H2,1-4H3/b17-10+/t18-,20-,21-,22-,23-,24-,25+,26+,27-,28-,29-,30-,31+,32-/m1/s1. The van der Waals surface area contributed by atoms with Crippen molar-refractivity contribution < 1.29 is 59.8 Å². The molecule has 8 N–H and O–H groups in total. The van der Waals surface area contributed by atoms with Gasteiger partial charge in [0.1, 0.15) is 48.8 Å². The molecule has 0 aromatic rings. The van der Waals surface area contributed by atoms with Gasteiger partial charge < -0.3 is 59.8 Å². The second kappa shape index (κ2) is 14.8. The highest BCUT2D eigenvalue weighted by Gasteiger charge is 2.54. The van der Waals surface area contributed by atoms with Crippen molar-refractivity contribution in [2.45, 2.75) is 128 Å². The SMILES string of the molecule is C/C(=C\CO[C@@H]1O[C@H](CO)[C@@H](O)[C@H](O)[C@H]1O)CC[C@@]1(C)[C@H](C)CC[C@]2(C)C(CO[C@@H]3O[C@H](CO)[C@@H](O)[C@H](O)[C@H]3O)=CCC[C@H]12. The minimum absolute atomic E-state index is 0.0306. The van der Waals surface area contributed by atoms with Crippen molar-refractivity contribution in [1.29, 1.82) is 0 Å². The fourth-order valence-electron chi connectivity index (χ4n) is 7.86. The Labute approximate surface area is 259 Å². The average molecular weight is 631 g/mol. The van der Waals surface area contributed by atoms with Gasteiger partial charge >= 0.3 is 0 Å². The molecule has 2 saturated heterocycles. The van der Waals surface area contributed by atoms with Gasteiger partial charge in [-0.3, -0.25) is 0 Å². The highest BCUT2D eigenvalue weighted by molar-refractivity contribution is 5.23. The van der Waals surface area contributed by atoms with Crippen LogP contribution in [0, 0.1) is 22.7 Å². The largest absolute Gasteiger partial charge is 0.394 e. The van der Waals surface area contributed by atoms with E-state index >= 15 is 0 Å². The zero-order valence-electron chi connectivity index (χ0n) is 26.4. The summed E-state index contributed by atoms with van der Waals surface area (Å²) in [6.07, 6.45) is -3.09. The molecule has 254 valence electrons. The first kappa shape index (κ1) is 35.8. The van der Waals surface area contributed by atoms with E-state index in [1.165, 1.54) is 0 Å². The normalized spacial score (nSPS) is 46.8. The van der Waals surface area contributed by atoms with E-state index in [1.807, 2.05) is 13.0 Å². The summed E-state index contributed by atoms with van der Waals surface area (Å²) >= 11 is 0. The molecule has 1 saturated carbocycles. The first-order valence-electron chi connectivity index (χ1n) is 16.0. The lowest BCUT2D eigenvalue weighted by atomic mass is 9.47. The molecule has 0 bridgehead atoms. The minimum Gasteiger partial charge on any atom is -0.394 e. The lowest BCUT2D eigenvalue weighted by molar-refractivity contribution is -0.299. The molecule has 12 heteroatoms. The Morgan fingerprint density at radius 3 is 2.00 bits per heavy atom. The van der Waals surface area contributed by atoms with Gasteiger partial charge in [-0.25, -0.2) is 0 Å². The molecule has 12 nitrogen and oxygen atoms in total. The lowest BCUT2D eigenvalue weighted by Crippen LogP contribution is -2.59. The van der Waals surface area contributed by atoms with Crippen LogP contribution >= 0.6 is 0 Å². The van der Waals surface area contributed by atoms with E-state index in [4.69, 9.17) is 18.9 Å². The molecule has 2 heterocycles. The highest BCUT2D eigenvalue weighted by Crippen LogP contribution is 2.62. The number of aliphatic hydroxyl groups is 8. The van der Waals surface area contributed by atoms with E-state index in [-0.39, 0.29) is 24.0 Å². The first-order chi connectivity index (χ1) is 20.8. The summed E-state index contributed by atoms with van der Waals surface area (Å²) in [7, 11) is 0. The zero-order valence-corrected chi connectivity index (χ0v) is 26.4. The molecule has 2 aliphatic heterocycles. The Hall–Kier alpha value is -1.00. The van der Waals surface area contributed by atoms with E-state index in [2.05, 4.69) is 26.8 Å². The number of rotatable bonds is 11. The molecule has 4 rings (SSSR count). The van der Waals surface area contributed by atoms with E-state index in [0.717, 1.165) is 49.7 Å². The van der Waals surface area contributed by atoms with Crippen molar-refractivity contribution in [1.82, 2.24) is 0 Å². The fraction of sp³-hybridized carbons (Fsp3) is 0.875. The third-order valence-electron chi connectivity index (χ3n) is 11.2. The van der Waals surface area contributed by atoms with Crippen LogP contribution in [0.3, 0.4) is 0 Å². The van der Waals surface area contributed by atoms with Crippen LogP contribution in [0.1, 0.15) is 66.2 Å². The van der Waals surface area contributed by atoms with Crippen molar-refractivity contribution in [2.75, 3.05) is 26.4 Å². The van der Waals surface area contributed by atoms with Gasteiger partial charge in [0.25, 0.3) is 0 Å². The van der Waals surface area contributed by atoms with Gasteiger partial charge in [-0.05, 0) is 73.7 Å². The van der Waals surface area contributed by atoms with Gasteiger partial charge in [0, 0.05) is 0 Å². The Bertz CT molecular complexity index is 1000. The molecule has 0 amide bonds. The number of aliphatic hydroxyl groups excluding tert-OH is 8. The summed E-state index contributed by atoms with van der Waals surface area (Å²) in [6, 6.07) is 0. The van der Waals surface area contributed by atoms with Crippen LogP contribution in [0.2, 0.25) is 0 Å². The quantitative estimate of drug-likeness (QED) is 0.144. The monoisotopic (exact) mass is 630 g/mol. The van der Waals surface area contributed by atoms with Gasteiger partial charge in [-0.1, -0.05) is 38.5 Å². The Kier molecular flexibility index (Phi) is 12.1. The smallest absolute Gasteiger partial charge is 0.187 e. The van der Waals surface area contributed by atoms with Crippen molar-refractivity contribution in [3.63, 3.8) is 0 Å². The molecular weight excluding hydrogens is 576 g/mol. The van der Waals surface area contributed by atoms with Crippen LogP contribution in [0.25, 0.3) is 0 Å². The second-order valence-electron chi connectivity index (χ2n) is 13.8. The molecule has 3 fully saturated rings. The van der Waals surface area contributed by atoms with Crippen molar-refractivity contribution >= 4 is 0 Å². The molecule has 0 aromatic carbocycles. The number of allylic oxidation sites excluding steroid dienone is 2.